The Morgan fingerprint density at radius 1 is 1.32 bits per heavy atom. The van der Waals surface area contributed by atoms with E-state index in [-0.39, 0.29) is 0 Å². The third-order valence-corrected chi connectivity index (χ3v) is 3.17. The molecule has 0 aliphatic carbocycles. The zero-order chi connectivity index (χ0) is 13.2. The van der Waals surface area contributed by atoms with Gasteiger partial charge in [0, 0.05) is 23.3 Å². The summed E-state index contributed by atoms with van der Waals surface area (Å²) >= 11 is 6.13. The van der Waals surface area contributed by atoms with Crippen molar-refractivity contribution in [3.8, 4) is 0 Å². The molecule has 2 heterocycles. The average molecular weight is 274 g/mol. The fraction of sp³-hybridized carbons (Fsp3) is 0.154. The van der Waals surface area contributed by atoms with E-state index in [1.807, 2.05) is 37.3 Å². The summed E-state index contributed by atoms with van der Waals surface area (Å²) in [5, 5.41) is 8.20. The molecule has 1 aromatic carbocycles. The van der Waals surface area contributed by atoms with Gasteiger partial charge in [0.1, 0.15) is 12.1 Å². The second-order valence-electron chi connectivity index (χ2n) is 4.20. The minimum absolute atomic E-state index is 0.585. The number of nitrogens with one attached hydrogen (secondary N) is 1. The van der Waals surface area contributed by atoms with Crippen molar-refractivity contribution in [2.45, 2.75) is 13.5 Å². The molecule has 3 rings (SSSR count). The van der Waals surface area contributed by atoms with Crippen molar-refractivity contribution in [2.75, 3.05) is 5.32 Å². The van der Waals surface area contributed by atoms with E-state index >= 15 is 0 Å². The quantitative estimate of drug-likeness (QED) is 0.797. The van der Waals surface area contributed by atoms with Gasteiger partial charge < -0.3 is 5.32 Å². The van der Waals surface area contributed by atoms with E-state index < -0.39 is 0 Å². The number of halogens is 1. The van der Waals surface area contributed by atoms with Crippen LogP contribution in [0.15, 0.2) is 36.7 Å². The largest absolute Gasteiger partial charge is 0.366 e. The minimum atomic E-state index is 0.585. The van der Waals surface area contributed by atoms with Crippen molar-refractivity contribution in [1.29, 1.82) is 0 Å². The summed E-state index contributed by atoms with van der Waals surface area (Å²) in [7, 11) is 0. The Balaban J connectivity index is 1.90. The van der Waals surface area contributed by atoms with E-state index in [0.29, 0.717) is 12.3 Å². The molecule has 0 aliphatic rings. The predicted octanol–water partition coefficient (Wildman–Crippen LogP) is 2.70. The zero-order valence-electron chi connectivity index (χ0n) is 10.3. The van der Waals surface area contributed by atoms with Crippen LogP contribution in [0.25, 0.3) is 5.78 Å². The number of aromatic nitrogens is 4. The minimum Gasteiger partial charge on any atom is -0.366 e. The fourth-order valence-corrected chi connectivity index (χ4v) is 2.09. The summed E-state index contributed by atoms with van der Waals surface area (Å²) in [4.78, 5) is 8.38. The maximum absolute atomic E-state index is 6.13. The first-order valence-corrected chi connectivity index (χ1v) is 6.26. The Labute approximate surface area is 115 Å². The van der Waals surface area contributed by atoms with E-state index in [0.717, 1.165) is 22.1 Å². The van der Waals surface area contributed by atoms with E-state index in [4.69, 9.17) is 11.6 Å². The van der Waals surface area contributed by atoms with Crippen molar-refractivity contribution in [1.82, 2.24) is 19.6 Å². The van der Waals surface area contributed by atoms with Gasteiger partial charge in [-0.25, -0.2) is 4.98 Å². The number of rotatable bonds is 3. The van der Waals surface area contributed by atoms with Gasteiger partial charge in [0.2, 0.25) is 0 Å². The molecule has 0 saturated heterocycles. The van der Waals surface area contributed by atoms with Gasteiger partial charge in [-0.1, -0.05) is 29.8 Å². The summed E-state index contributed by atoms with van der Waals surface area (Å²) in [6, 6.07) is 9.67. The number of nitrogens with zero attached hydrogens (tertiary/aromatic N) is 4. The van der Waals surface area contributed by atoms with Gasteiger partial charge in [-0.2, -0.15) is 14.6 Å². The summed E-state index contributed by atoms with van der Waals surface area (Å²) in [6.45, 7) is 2.55. The molecule has 0 saturated carbocycles. The Kier molecular flexibility index (Phi) is 3.05. The fourth-order valence-electron chi connectivity index (χ4n) is 1.88. The zero-order valence-corrected chi connectivity index (χ0v) is 11.1. The molecule has 0 aliphatic heterocycles. The lowest BCUT2D eigenvalue weighted by Crippen LogP contribution is -2.07. The molecule has 0 spiro atoms. The predicted molar refractivity (Wildman–Crippen MR) is 74.3 cm³/mol. The van der Waals surface area contributed by atoms with Gasteiger partial charge in [-0.3, -0.25) is 0 Å². The van der Waals surface area contributed by atoms with Crippen LogP contribution in [0, 0.1) is 6.92 Å². The number of anilines is 1. The van der Waals surface area contributed by atoms with Crippen molar-refractivity contribution < 1.29 is 0 Å². The molecular weight excluding hydrogens is 262 g/mol. The molecule has 96 valence electrons. The van der Waals surface area contributed by atoms with E-state index in [9.17, 15) is 0 Å². The summed E-state index contributed by atoms with van der Waals surface area (Å²) in [6.07, 6.45) is 1.49. The molecule has 0 bridgehead atoms. The molecule has 1 N–H and O–H groups in total. The monoisotopic (exact) mass is 273 g/mol. The maximum Gasteiger partial charge on any atom is 0.254 e. The summed E-state index contributed by atoms with van der Waals surface area (Å²) in [5.41, 5.74) is 1.93. The van der Waals surface area contributed by atoms with E-state index in [1.54, 1.807) is 4.52 Å². The lowest BCUT2D eigenvalue weighted by molar-refractivity contribution is 0.916. The second-order valence-corrected chi connectivity index (χ2v) is 4.61. The van der Waals surface area contributed by atoms with Gasteiger partial charge in [-0.15, -0.1) is 0 Å². The highest BCUT2D eigenvalue weighted by Gasteiger charge is 2.06. The Morgan fingerprint density at radius 2 is 2.16 bits per heavy atom. The molecule has 0 radical (unpaired) electrons. The van der Waals surface area contributed by atoms with Crippen molar-refractivity contribution in [3.05, 3.63) is 52.9 Å². The van der Waals surface area contributed by atoms with Crippen LogP contribution in [0.1, 0.15) is 11.3 Å². The molecule has 19 heavy (non-hydrogen) atoms. The maximum atomic E-state index is 6.13. The average Bonchev–Trinajstić information content (AvgIpc) is 2.85. The number of aryl methyl sites for hydroxylation is 1. The topological polar surface area (TPSA) is 55.1 Å². The third-order valence-electron chi connectivity index (χ3n) is 2.80. The smallest absolute Gasteiger partial charge is 0.254 e. The van der Waals surface area contributed by atoms with Gasteiger partial charge in [0.05, 0.1) is 0 Å². The summed E-state index contributed by atoms with van der Waals surface area (Å²) < 4.78 is 1.67. The van der Waals surface area contributed by atoms with Crippen LogP contribution < -0.4 is 5.32 Å². The van der Waals surface area contributed by atoms with Crippen molar-refractivity contribution >= 4 is 23.2 Å². The van der Waals surface area contributed by atoms with Crippen LogP contribution in [0.5, 0.6) is 0 Å². The second kappa shape index (κ2) is 4.85. The number of hydrogen-bond donors (Lipinski definition) is 1. The molecule has 0 atom stereocenters. The Morgan fingerprint density at radius 3 is 3.00 bits per heavy atom. The molecule has 6 heteroatoms. The first-order valence-electron chi connectivity index (χ1n) is 5.89. The van der Waals surface area contributed by atoms with E-state index in [2.05, 4.69) is 20.4 Å². The molecular formula is C13H12ClN5. The Bertz CT molecular complexity index is 722. The first-order chi connectivity index (χ1) is 9.24. The van der Waals surface area contributed by atoms with Gasteiger partial charge >= 0.3 is 0 Å². The van der Waals surface area contributed by atoms with Crippen LogP contribution in [0.3, 0.4) is 0 Å². The number of hydrogen-bond acceptors (Lipinski definition) is 4. The Hall–Kier alpha value is -2.14. The highest BCUT2D eigenvalue weighted by molar-refractivity contribution is 6.31. The van der Waals surface area contributed by atoms with Crippen LogP contribution in [-0.4, -0.2) is 19.6 Å². The third kappa shape index (κ3) is 2.37. The van der Waals surface area contributed by atoms with Crippen LogP contribution in [0.4, 0.5) is 5.82 Å². The number of fused-ring (bicyclic) bond motifs is 1. The lowest BCUT2D eigenvalue weighted by Gasteiger charge is -2.09. The SMILES string of the molecule is Cc1cc(NCc2ccccc2Cl)n2ncnc2n1. The highest BCUT2D eigenvalue weighted by Crippen LogP contribution is 2.17. The van der Waals surface area contributed by atoms with Crippen LogP contribution in [0.2, 0.25) is 5.02 Å². The highest BCUT2D eigenvalue weighted by atomic mass is 35.5. The van der Waals surface area contributed by atoms with Crippen LogP contribution >= 0.6 is 11.6 Å². The standard InChI is InChI=1S/C13H12ClN5/c1-9-6-12(19-13(18-9)16-8-17-19)15-7-10-4-2-3-5-11(10)14/h2-6,8,15H,7H2,1H3. The molecule has 0 unspecified atom stereocenters. The number of benzene rings is 1. The van der Waals surface area contributed by atoms with Crippen LogP contribution in [-0.2, 0) is 6.54 Å². The molecule has 0 fully saturated rings. The normalized spacial score (nSPS) is 10.8. The first kappa shape index (κ1) is 11.9. The van der Waals surface area contributed by atoms with E-state index in [1.165, 1.54) is 6.33 Å². The van der Waals surface area contributed by atoms with Gasteiger partial charge in [-0.05, 0) is 18.6 Å². The molecule has 5 nitrogen and oxygen atoms in total. The summed E-state index contributed by atoms with van der Waals surface area (Å²) in [5.74, 6) is 1.43. The van der Waals surface area contributed by atoms with Crippen molar-refractivity contribution in [2.24, 2.45) is 0 Å². The lowest BCUT2D eigenvalue weighted by atomic mass is 10.2. The van der Waals surface area contributed by atoms with Gasteiger partial charge in [0.25, 0.3) is 5.78 Å². The van der Waals surface area contributed by atoms with Crippen molar-refractivity contribution in [3.63, 3.8) is 0 Å². The molecule has 0 amide bonds. The molecule has 3 aromatic rings. The molecule has 2 aromatic heterocycles. The van der Waals surface area contributed by atoms with Gasteiger partial charge in [0.15, 0.2) is 0 Å².